The van der Waals surface area contributed by atoms with E-state index in [1.807, 2.05) is 4.90 Å². The molecule has 0 spiro atoms. The molecule has 7 nitrogen and oxygen atoms in total. The van der Waals surface area contributed by atoms with E-state index in [2.05, 4.69) is 11.9 Å². The fraction of sp³-hybridized carbons (Fsp3) is 0.545. The minimum atomic E-state index is -1.55. The van der Waals surface area contributed by atoms with Crippen LogP contribution in [0.25, 0.3) is 10.9 Å². The molecule has 5 rings (SSSR count). The standard InChI is InChI=1S/C22H26FN3O4.K/c1-24-7-3-4-12-9-25(11-17(12)24)19-16(23)8-14-18(21(19)30-2)26(13-5-6-13)10-15(20(14)27)22(28)29;/h8,10,12-13,17H,3-7,9,11H2,1-2H3,(H,28,29);/q;+1/p-1/t12-,17+;/m0./s1. The fourth-order valence-corrected chi connectivity index (χ4v) is 5.31. The van der Waals surface area contributed by atoms with Gasteiger partial charge >= 0.3 is 51.4 Å². The number of likely N-dealkylation sites (tertiary alicyclic amines) is 1. The molecule has 2 aliphatic heterocycles. The molecule has 3 aliphatic rings. The molecular weight excluding hydrogens is 428 g/mol. The van der Waals surface area contributed by atoms with Crippen molar-refractivity contribution in [1.82, 2.24) is 9.47 Å². The minimum Gasteiger partial charge on any atom is -0.545 e. The first-order valence-electron chi connectivity index (χ1n) is 10.5. The van der Waals surface area contributed by atoms with Gasteiger partial charge < -0.3 is 29.0 Å². The first kappa shape index (κ1) is 23.2. The van der Waals surface area contributed by atoms with Gasteiger partial charge in [-0.2, -0.15) is 0 Å². The number of benzene rings is 1. The quantitative estimate of drug-likeness (QED) is 0.518. The molecule has 160 valence electrons. The second-order valence-electron chi connectivity index (χ2n) is 8.79. The zero-order valence-electron chi connectivity index (χ0n) is 18.2. The fourth-order valence-electron chi connectivity index (χ4n) is 5.31. The molecule has 1 aliphatic carbocycles. The predicted octanol–water partition coefficient (Wildman–Crippen LogP) is -1.62. The van der Waals surface area contributed by atoms with E-state index in [0.717, 1.165) is 38.8 Å². The number of rotatable bonds is 4. The molecule has 1 aromatic heterocycles. The molecule has 1 aromatic carbocycles. The Morgan fingerprint density at radius 1 is 1.26 bits per heavy atom. The summed E-state index contributed by atoms with van der Waals surface area (Å²) >= 11 is 0. The summed E-state index contributed by atoms with van der Waals surface area (Å²) in [5, 5.41) is 11.5. The smallest absolute Gasteiger partial charge is 0.545 e. The number of methoxy groups -OCH3 is 1. The molecule has 9 heteroatoms. The van der Waals surface area contributed by atoms with E-state index < -0.39 is 22.8 Å². The topological polar surface area (TPSA) is 77.8 Å². The molecule has 2 atom stereocenters. The number of ether oxygens (including phenoxy) is 1. The van der Waals surface area contributed by atoms with Crippen molar-refractivity contribution < 1.29 is 70.4 Å². The van der Waals surface area contributed by atoms with Crippen molar-refractivity contribution in [3.05, 3.63) is 33.9 Å². The van der Waals surface area contributed by atoms with Crippen LogP contribution in [0.3, 0.4) is 0 Å². The number of likely N-dealkylation sites (N-methyl/N-ethyl adjacent to an activating group) is 1. The summed E-state index contributed by atoms with van der Waals surface area (Å²) in [5.41, 5.74) is -0.352. The van der Waals surface area contributed by atoms with Gasteiger partial charge in [-0.15, -0.1) is 0 Å². The molecule has 1 saturated carbocycles. The zero-order valence-corrected chi connectivity index (χ0v) is 21.3. The van der Waals surface area contributed by atoms with Gasteiger partial charge in [0.25, 0.3) is 0 Å². The summed E-state index contributed by atoms with van der Waals surface area (Å²) in [6.45, 7) is 2.48. The van der Waals surface area contributed by atoms with E-state index in [0.29, 0.717) is 35.5 Å². The molecule has 2 saturated heterocycles. The van der Waals surface area contributed by atoms with E-state index in [1.54, 1.807) is 4.57 Å². The number of halogens is 1. The van der Waals surface area contributed by atoms with Gasteiger partial charge in [0.05, 0.1) is 29.5 Å². The maximum Gasteiger partial charge on any atom is 1.00 e. The van der Waals surface area contributed by atoms with Crippen LogP contribution < -0.4 is 71.6 Å². The summed E-state index contributed by atoms with van der Waals surface area (Å²) < 4.78 is 22.9. The summed E-state index contributed by atoms with van der Waals surface area (Å²) in [5.74, 6) is -1.34. The molecule has 3 heterocycles. The molecule has 3 fully saturated rings. The van der Waals surface area contributed by atoms with Crippen LogP contribution in [0.5, 0.6) is 5.75 Å². The van der Waals surface area contributed by atoms with Crippen LogP contribution in [0.15, 0.2) is 17.1 Å². The maximum absolute atomic E-state index is 15.4. The number of carbonyl (C=O) groups excluding carboxylic acids is 1. The van der Waals surface area contributed by atoms with Crippen molar-refractivity contribution in [3.8, 4) is 5.75 Å². The number of aromatic nitrogens is 1. The number of hydrogen-bond acceptors (Lipinski definition) is 6. The van der Waals surface area contributed by atoms with Gasteiger partial charge in [0.2, 0.25) is 0 Å². The van der Waals surface area contributed by atoms with Gasteiger partial charge in [-0.25, -0.2) is 4.39 Å². The summed E-state index contributed by atoms with van der Waals surface area (Å²) in [6.07, 6.45) is 5.33. The van der Waals surface area contributed by atoms with Crippen LogP contribution >= 0.6 is 0 Å². The predicted molar refractivity (Wildman–Crippen MR) is 109 cm³/mol. The second-order valence-corrected chi connectivity index (χ2v) is 8.79. The van der Waals surface area contributed by atoms with Crippen molar-refractivity contribution in [2.45, 2.75) is 37.8 Å². The third-order valence-corrected chi connectivity index (χ3v) is 6.94. The van der Waals surface area contributed by atoms with Crippen LogP contribution in [-0.2, 0) is 0 Å². The van der Waals surface area contributed by atoms with Crippen molar-refractivity contribution in [2.75, 3.05) is 38.7 Å². The largest absolute Gasteiger partial charge is 1.00 e. The molecule has 0 radical (unpaired) electrons. The third-order valence-electron chi connectivity index (χ3n) is 6.94. The van der Waals surface area contributed by atoms with E-state index >= 15 is 4.39 Å². The van der Waals surface area contributed by atoms with Crippen LogP contribution in [0.2, 0.25) is 0 Å². The van der Waals surface area contributed by atoms with E-state index in [1.165, 1.54) is 19.4 Å². The molecule has 0 amide bonds. The van der Waals surface area contributed by atoms with Crippen LogP contribution in [-0.4, -0.2) is 55.3 Å². The summed E-state index contributed by atoms with van der Waals surface area (Å²) in [4.78, 5) is 28.6. The molecule has 31 heavy (non-hydrogen) atoms. The Labute approximate surface area is 222 Å². The summed E-state index contributed by atoms with van der Waals surface area (Å²) in [6, 6.07) is 1.61. The number of carboxylic acid groups (broad SMARTS) is 1. The molecule has 0 bridgehead atoms. The Morgan fingerprint density at radius 2 is 2.00 bits per heavy atom. The van der Waals surface area contributed by atoms with Crippen LogP contribution in [0.1, 0.15) is 42.1 Å². The maximum atomic E-state index is 15.4. The molecular formula is C22H25FKN3O4. The monoisotopic (exact) mass is 453 g/mol. The number of carboxylic acids is 1. The first-order valence-corrected chi connectivity index (χ1v) is 10.5. The average Bonchev–Trinajstić information content (AvgIpc) is 3.46. The minimum absolute atomic E-state index is 0. The Hall–Kier alpha value is -0.974. The molecule has 0 N–H and O–H groups in total. The Kier molecular flexibility index (Phi) is 6.55. The number of nitrogens with zero attached hydrogens (tertiary/aromatic N) is 3. The van der Waals surface area contributed by atoms with Gasteiger partial charge in [-0.3, -0.25) is 4.79 Å². The summed E-state index contributed by atoms with van der Waals surface area (Å²) in [7, 11) is 3.59. The van der Waals surface area contributed by atoms with Crippen molar-refractivity contribution in [3.63, 3.8) is 0 Å². The van der Waals surface area contributed by atoms with Gasteiger partial charge in [-0.1, -0.05) is 0 Å². The first-order chi connectivity index (χ1) is 14.4. The zero-order chi connectivity index (χ0) is 21.2. The molecule has 0 unspecified atom stereocenters. The third kappa shape index (κ3) is 3.87. The van der Waals surface area contributed by atoms with Gasteiger partial charge in [0, 0.05) is 31.4 Å². The van der Waals surface area contributed by atoms with Crippen molar-refractivity contribution >= 4 is 22.6 Å². The normalized spacial score (nSPS) is 23.5. The van der Waals surface area contributed by atoms with Crippen molar-refractivity contribution in [2.24, 2.45) is 5.92 Å². The van der Waals surface area contributed by atoms with Crippen LogP contribution in [0.4, 0.5) is 10.1 Å². The Bertz CT molecular complexity index is 1100. The number of carbonyl (C=O) groups is 1. The van der Waals surface area contributed by atoms with Gasteiger partial charge in [0.1, 0.15) is 5.69 Å². The molecule has 2 aromatic rings. The van der Waals surface area contributed by atoms with E-state index in [9.17, 15) is 14.7 Å². The second kappa shape index (κ2) is 8.76. The van der Waals surface area contributed by atoms with E-state index in [-0.39, 0.29) is 62.8 Å². The SMILES string of the molecule is COc1c(N2C[C@@H]3CCCN(C)[C@@H]3C2)c(F)cc2c(=O)c(C(=O)[O-])cn(C3CC3)c12.[K+]. The van der Waals surface area contributed by atoms with Crippen molar-refractivity contribution in [1.29, 1.82) is 0 Å². The number of fused-ring (bicyclic) bond motifs is 2. The van der Waals surface area contributed by atoms with Crippen LogP contribution in [0, 0.1) is 11.7 Å². The van der Waals surface area contributed by atoms with Gasteiger partial charge in [-0.05, 0) is 51.3 Å². The average molecular weight is 454 g/mol. The number of piperidine rings is 1. The number of pyridine rings is 1. The number of hydrogen-bond donors (Lipinski definition) is 0. The van der Waals surface area contributed by atoms with E-state index in [4.69, 9.17) is 4.74 Å². The Balaban J connectivity index is 0.00000231. The number of aromatic carboxylic acids is 1. The van der Waals surface area contributed by atoms with Gasteiger partial charge in [0.15, 0.2) is 17.0 Å². The Morgan fingerprint density at radius 3 is 2.61 bits per heavy atom. The number of anilines is 1.